The van der Waals surface area contributed by atoms with Gasteiger partial charge in [-0.25, -0.2) is 4.39 Å². The maximum absolute atomic E-state index is 13.2. The van der Waals surface area contributed by atoms with Crippen molar-refractivity contribution in [2.75, 3.05) is 39.9 Å². The number of piperidine rings is 1. The number of aromatic nitrogens is 1. The van der Waals surface area contributed by atoms with Crippen molar-refractivity contribution >= 4 is 5.91 Å². The quantitative estimate of drug-likeness (QED) is 0.726. The van der Waals surface area contributed by atoms with Crippen LogP contribution in [0.5, 0.6) is 5.75 Å². The van der Waals surface area contributed by atoms with E-state index >= 15 is 0 Å². The Bertz CT molecular complexity index is 892. The predicted molar refractivity (Wildman–Crippen MR) is 120 cm³/mol. The van der Waals surface area contributed by atoms with Gasteiger partial charge >= 0.3 is 0 Å². The minimum Gasteiger partial charge on any atom is -0.492 e. The SMILES string of the molecule is CO[C@@H]1CCN2C[C@@H]1CCCCN(Cc1ccc(F)cn1)CCOc1cccc(c1)C2=O. The first kappa shape index (κ1) is 22.7. The predicted octanol–water partition coefficient (Wildman–Crippen LogP) is 3.76. The van der Waals surface area contributed by atoms with Gasteiger partial charge < -0.3 is 14.4 Å². The normalized spacial score (nSPS) is 23.2. The Morgan fingerprint density at radius 1 is 1.16 bits per heavy atom. The summed E-state index contributed by atoms with van der Waals surface area (Å²) >= 11 is 0. The Balaban J connectivity index is 1.50. The van der Waals surface area contributed by atoms with Crippen molar-refractivity contribution in [3.63, 3.8) is 0 Å². The lowest BCUT2D eigenvalue weighted by Gasteiger charge is -2.38. The van der Waals surface area contributed by atoms with Crippen molar-refractivity contribution in [2.24, 2.45) is 5.92 Å². The summed E-state index contributed by atoms with van der Waals surface area (Å²) in [6, 6.07) is 10.7. The number of halogens is 1. The molecule has 4 rings (SSSR count). The number of nitrogens with zero attached hydrogens (tertiary/aromatic N) is 3. The van der Waals surface area contributed by atoms with Gasteiger partial charge in [0.2, 0.25) is 0 Å². The van der Waals surface area contributed by atoms with E-state index < -0.39 is 0 Å². The third-order valence-corrected chi connectivity index (χ3v) is 6.48. The molecular weight excluding hydrogens is 409 g/mol. The van der Waals surface area contributed by atoms with Crippen LogP contribution in [0, 0.1) is 11.7 Å². The summed E-state index contributed by atoms with van der Waals surface area (Å²) in [5.74, 6) is 0.787. The Morgan fingerprint density at radius 3 is 2.88 bits per heavy atom. The number of fused-ring (bicyclic) bond motifs is 4. The largest absolute Gasteiger partial charge is 0.492 e. The summed E-state index contributed by atoms with van der Waals surface area (Å²) in [4.78, 5) is 21.6. The number of hydrogen-bond acceptors (Lipinski definition) is 5. The van der Waals surface area contributed by atoms with Gasteiger partial charge in [0.05, 0.1) is 18.0 Å². The van der Waals surface area contributed by atoms with Crippen molar-refractivity contribution in [1.82, 2.24) is 14.8 Å². The molecule has 1 amide bonds. The lowest BCUT2D eigenvalue weighted by molar-refractivity contribution is -0.00677. The van der Waals surface area contributed by atoms with Crippen molar-refractivity contribution in [3.8, 4) is 5.75 Å². The number of carbonyl (C=O) groups is 1. The average Bonchev–Trinajstić information content (AvgIpc) is 2.82. The average molecular weight is 442 g/mol. The van der Waals surface area contributed by atoms with Gasteiger partial charge in [0.1, 0.15) is 18.2 Å². The molecule has 0 spiro atoms. The van der Waals surface area contributed by atoms with E-state index in [4.69, 9.17) is 9.47 Å². The molecule has 0 radical (unpaired) electrons. The van der Waals surface area contributed by atoms with Crippen LogP contribution in [0.3, 0.4) is 0 Å². The highest BCUT2D eigenvalue weighted by molar-refractivity contribution is 5.94. The van der Waals surface area contributed by atoms with Crippen molar-refractivity contribution in [1.29, 1.82) is 0 Å². The van der Waals surface area contributed by atoms with E-state index in [1.54, 1.807) is 13.2 Å². The fourth-order valence-corrected chi connectivity index (χ4v) is 4.72. The van der Waals surface area contributed by atoms with Gasteiger partial charge in [-0.2, -0.15) is 0 Å². The maximum atomic E-state index is 13.2. The highest BCUT2D eigenvalue weighted by atomic mass is 19.1. The molecule has 2 atom stereocenters. The number of benzene rings is 1. The molecule has 4 bridgehead atoms. The molecule has 0 saturated carbocycles. The fourth-order valence-electron chi connectivity index (χ4n) is 4.72. The third kappa shape index (κ3) is 5.84. The van der Waals surface area contributed by atoms with E-state index in [0.717, 1.165) is 57.6 Å². The van der Waals surface area contributed by atoms with Crippen molar-refractivity contribution < 1.29 is 18.7 Å². The van der Waals surface area contributed by atoms with Gasteiger partial charge in [-0.1, -0.05) is 12.5 Å². The van der Waals surface area contributed by atoms with E-state index in [1.807, 2.05) is 29.2 Å². The van der Waals surface area contributed by atoms with E-state index in [2.05, 4.69) is 9.88 Å². The van der Waals surface area contributed by atoms with Crippen molar-refractivity contribution in [3.05, 3.63) is 59.7 Å². The number of carbonyl (C=O) groups excluding carboxylic acids is 1. The highest BCUT2D eigenvalue weighted by Crippen LogP contribution is 2.27. The summed E-state index contributed by atoms with van der Waals surface area (Å²) in [5.41, 5.74) is 1.51. The van der Waals surface area contributed by atoms with E-state index in [-0.39, 0.29) is 17.8 Å². The van der Waals surface area contributed by atoms with Crippen molar-refractivity contribution in [2.45, 2.75) is 38.3 Å². The number of methoxy groups -OCH3 is 1. The van der Waals surface area contributed by atoms with Gasteiger partial charge in [-0.05, 0) is 56.1 Å². The summed E-state index contributed by atoms with van der Waals surface area (Å²) in [7, 11) is 1.77. The van der Waals surface area contributed by atoms with Crippen LogP contribution in [-0.4, -0.2) is 66.7 Å². The third-order valence-electron chi connectivity index (χ3n) is 6.48. The zero-order chi connectivity index (χ0) is 22.3. The van der Waals surface area contributed by atoms with Gasteiger partial charge in [0.25, 0.3) is 5.91 Å². The van der Waals surface area contributed by atoms with Gasteiger partial charge in [-0.3, -0.25) is 14.7 Å². The summed E-state index contributed by atoms with van der Waals surface area (Å²) < 4.78 is 25.0. The second kappa shape index (κ2) is 10.9. The lowest BCUT2D eigenvalue weighted by atomic mass is 9.89. The minimum absolute atomic E-state index is 0.0638. The Morgan fingerprint density at radius 2 is 2.06 bits per heavy atom. The van der Waals surface area contributed by atoms with Crippen LogP contribution < -0.4 is 4.74 Å². The van der Waals surface area contributed by atoms with Crippen LogP contribution in [0.1, 0.15) is 41.7 Å². The summed E-state index contributed by atoms with van der Waals surface area (Å²) in [5, 5.41) is 0. The fraction of sp³-hybridized carbons (Fsp3) is 0.520. The molecule has 1 fully saturated rings. The molecule has 1 saturated heterocycles. The Labute approximate surface area is 189 Å². The standard InChI is InChI=1S/C25H32FN3O3/c1-31-24-10-12-29-17-20(24)5-2-3-11-28(18-22-9-8-21(26)16-27-22)13-14-32-23-7-4-6-19(15-23)25(29)30/h4,6-9,15-16,20,24H,2-3,5,10-14,17-18H2,1H3/t20-,24+/m0/s1. The Hall–Kier alpha value is -2.51. The van der Waals surface area contributed by atoms with Crippen LogP contribution in [0.4, 0.5) is 4.39 Å². The lowest BCUT2D eigenvalue weighted by Crippen LogP contribution is -2.46. The smallest absolute Gasteiger partial charge is 0.254 e. The van der Waals surface area contributed by atoms with Crippen LogP contribution in [0.2, 0.25) is 0 Å². The zero-order valence-electron chi connectivity index (χ0n) is 18.7. The van der Waals surface area contributed by atoms with Gasteiger partial charge in [0, 0.05) is 44.8 Å². The molecule has 3 heterocycles. The molecule has 6 nitrogen and oxygen atoms in total. The van der Waals surface area contributed by atoms with E-state index in [9.17, 15) is 9.18 Å². The highest BCUT2D eigenvalue weighted by Gasteiger charge is 2.31. The molecule has 0 unspecified atom stereocenters. The number of amides is 1. The number of pyridine rings is 1. The second-order valence-electron chi connectivity index (χ2n) is 8.69. The number of hydrogen-bond donors (Lipinski definition) is 0. The molecule has 172 valence electrons. The molecule has 0 N–H and O–H groups in total. The van der Waals surface area contributed by atoms with Crippen LogP contribution in [0.25, 0.3) is 0 Å². The molecule has 7 heteroatoms. The monoisotopic (exact) mass is 441 g/mol. The second-order valence-corrected chi connectivity index (χ2v) is 8.69. The number of ether oxygens (including phenoxy) is 2. The van der Waals surface area contributed by atoms with Gasteiger partial charge in [0.15, 0.2) is 0 Å². The molecule has 2 aliphatic rings. The summed E-state index contributed by atoms with van der Waals surface area (Å²) in [6.07, 6.45) is 5.46. The topological polar surface area (TPSA) is 54.9 Å². The van der Waals surface area contributed by atoms with Crippen LogP contribution in [-0.2, 0) is 11.3 Å². The van der Waals surface area contributed by atoms with E-state index in [1.165, 1.54) is 12.3 Å². The number of rotatable bonds is 3. The first-order valence-electron chi connectivity index (χ1n) is 11.5. The molecule has 2 aromatic rings. The zero-order valence-corrected chi connectivity index (χ0v) is 18.7. The van der Waals surface area contributed by atoms with E-state index in [0.29, 0.717) is 30.4 Å². The molecule has 1 aromatic heterocycles. The first-order valence-corrected chi connectivity index (χ1v) is 11.5. The molecule has 1 aromatic carbocycles. The molecule has 2 aliphatic heterocycles. The minimum atomic E-state index is -0.321. The summed E-state index contributed by atoms with van der Waals surface area (Å²) in [6.45, 7) is 4.25. The first-order chi connectivity index (χ1) is 15.6. The molecular formula is C25H32FN3O3. The van der Waals surface area contributed by atoms with Crippen LogP contribution in [0.15, 0.2) is 42.6 Å². The molecule has 32 heavy (non-hydrogen) atoms. The van der Waals surface area contributed by atoms with Crippen LogP contribution >= 0.6 is 0 Å². The maximum Gasteiger partial charge on any atom is 0.254 e. The van der Waals surface area contributed by atoms with Gasteiger partial charge in [-0.15, -0.1) is 0 Å². The molecule has 0 aliphatic carbocycles. The Kier molecular flexibility index (Phi) is 7.71.